The van der Waals surface area contributed by atoms with Crippen LogP contribution in [0.5, 0.6) is 5.75 Å². The van der Waals surface area contributed by atoms with E-state index in [1.54, 1.807) is 25.3 Å². The predicted octanol–water partition coefficient (Wildman–Crippen LogP) is 2.35. The molecule has 0 aliphatic carbocycles. The van der Waals surface area contributed by atoms with Crippen LogP contribution >= 0.6 is 23.2 Å². The number of amides is 1. The number of quaternary nitrogens is 1. The Kier molecular flexibility index (Phi) is 6.25. The zero-order chi connectivity index (χ0) is 18.5. The van der Waals surface area contributed by atoms with E-state index in [-0.39, 0.29) is 5.91 Å². The summed E-state index contributed by atoms with van der Waals surface area (Å²) < 4.78 is 5.29. The SMILES string of the molecule is COc1cccc(N2CC[NH+](CC(=O)Nc3ccc(Cl)c(Cl)c3)CC2)c1. The molecule has 3 rings (SSSR count). The van der Waals surface area contributed by atoms with E-state index in [2.05, 4.69) is 16.3 Å². The highest BCUT2D eigenvalue weighted by Gasteiger charge is 2.22. The first-order chi connectivity index (χ1) is 12.5. The number of nitrogens with zero attached hydrogens (tertiary/aromatic N) is 1. The number of nitrogens with one attached hydrogen (secondary N) is 2. The molecule has 2 aromatic rings. The Labute approximate surface area is 163 Å². The summed E-state index contributed by atoms with van der Waals surface area (Å²) in [5, 5.41) is 3.79. The largest absolute Gasteiger partial charge is 0.497 e. The molecule has 1 aliphatic heterocycles. The van der Waals surface area contributed by atoms with E-state index in [0.717, 1.165) is 37.6 Å². The second-order valence-corrected chi connectivity index (χ2v) is 7.11. The molecule has 0 radical (unpaired) electrons. The van der Waals surface area contributed by atoms with Gasteiger partial charge in [0.1, 0.15) is 5.75 Å². The van der Waals surface area contributed by atoms with Crippen molar-refractivity contribution in [3.05, 3.63) is 52.5 Å². The highest BCUT2D eigenvalue weighted by Crippen LogP contribution is 2.25. The standard InChI is InChI=1S/C19H21Cl2N3O2/c1-26-16-4-2-3-15(12-16)24-9-7-23(8-10-24)13-19(25)22-14-5-6-17(20)18(21)11-14/h2-6,11-12H,7-10,13H2,1H3,(H,22,25)/p+1. The summed E-state index contributed by atoms with van der Waals surface area (Å²) in [6.45, 7) is 4.06. The molecule has 7 heteroatoms. The number of anilines is 2. The van der Waals surface area contributed by atoms with Gasteiger partial charge >= 0.3 is 0 Å². The summed E-state index contributed by atoms with van der Waals surface area (Å²) in [7, 11) is 1.67. The fourth-order valence-corrected chi connectivity index (χ4v) is 3.37. The fraction of sp³-hybridized carbons (Fsp3) is 0.316. The molecule has 5 nitrogen and oxygen atoms in total. The van der Waals surface area contributed by atoms with Gasteiger partial charge in [-0.1, -0.05) is 29.3 Å². The Hall–Kier alpha value is -1.95. The van der Waals surface area contributed by atoms with Crippen molar-refractivity contribution in [1.82, 2.24) is 0 Å². The van der Waals surface area contributed by atoms with E-state index in [1.807, 2.05) is 18.2 Å². The monoisotopic (exact) mass is 394 g/mol. The molecule has 1 amide bonds. The van der Waals surface area contributed by atoms with E-state index in [9.17, 15) is 4.79 Å². The zero-order valence-corrected chi connectivity index (χ0v) is 16.1. The third kappa shape index (κ3) is 4.81. The van der Waals surface area contributed by atoms with Crippen LogP contribution in [0.15, 0.2) is 42.5 Å². The Morgan fingerprint density at radius 2 is 1.92 bits per heavy atom. The van der Waals surface area contributed by atoms with Crippen molar-refractivity contribution >= 4 is 40.5 Å². The van der Waals surface area contributed by atoms with Gasteiger partial charge in [0.05, 0.1) is 43.3 Å². The molecule has 0 spiro atoms. The number of carbonyl (C=O) groups is 1. The second-order valence-electron chi connectivity index (χ2n) is 6.29. The number of carbonyl (C=O) groups excluding carboxylic acids is 1. The van der Waals surface area contributed by atoms with Crippen molar-refractivity contribution in [2.45, 2.75) is 0 Å². The Bertz CT molecular complexity index is 777. The van der Waals surface area contributed by atoms with Gasteiger partial charge in [-0.25, -0.2) is 0 Å². The van der Waals surface area contributed by atoms with Gasteiger partial charge in [-0.3, -0.25) is 4.79 Å². The molecule has 0 aromatic heterocycles. The van der Waals surface area contributed by atoms with E-state index >= 15 is 0 Å². The number of hydrogen-bond acceptors (Lipinski definition) is 3. The molecular weight excluding hydrogens is 373 g/mol. The number of halogens is 2. The topological polar surface area (TPSA) is 46.0 Å². The smallest absolute Gasteiger partial charge is 0.279 e. The van der Waals surface area contributed by atoms with Crippen LogP contribution in [0.25, 0.3) is 0 Å². The van der Waals surface area contributed by atoms with Gasteiger partial charge in [-0.15, -0.1) is 0 Å². The summed E-state index contributed by atoms with van der Waals surface area (Å²) in [5.74, 6) is 0.839. The van der Waals surface area contributed by atoms with Gasteiger partial charge in [0.2, 0.25) is 0 Å². The van der Waals surface area contributed by atoms with Crippen LogP contribution in [0, 0.1) is 0 Å². The van der Waals surface area contributed by atoms with E-state index in [1.165, 1.54) is 4.90 Å². The number of rotatable bonds is 5. The van der Waals surface area contributed by atoms with Crippen LogP contribution in [0.2, 0.25) is 10.0 Å². The Balaban J connectivity index is 1.50. The van der Waals surface area contributed by atoms with Crippen LogP contribution in [-0.2, 0) is 4.79 Å². The van der Waals surface area contributed by atoms with Crippen LogP contribution in [-0.4, -0.2) is 45.7 Å². The van der Waals surface area contributed by atoms with Gasteiger partial charge < -0.3 is 19.9 Å². The van der Waals surface area contributed by atoms with Crippen molar-refractivity contribution < 1.29 is 14.4 Å². The van der Waals surface area contributed by atoms with Crippen molar-refractivity contribution in [3.8, 4) is 5.75 Å². The molecular formula is C19H22Cl2N3O2+. The van der Waals surface area contributed by atoms with Gasteiger partial charge in [0.25, 0.3) is 5.91 Å². The van der Waals surface area contributed by atoms with E-state index in [0.29, 0.717) is 22.3 Å². The lowest BCUT2D eigenvalue weighted by Gasteiger charge is -2.33. The minimum Gasteiger partial charge on any atom is -0.497 e. The first-order valence-electron chi connectivity index (χ1n) is 8.52. The molecule has 0 unspecified atom stereocenters. The number of ether oxygens (including phenoxy) is 1. The van der Waals surface area contributed by atoms with Gasteiger partial charge in [-0.05, 0) is 30.3 Å². The highest BCUT2D eigenvalue weighted by molar-refractivity contribution is 6.42. The molecule has 0 atom stereocenters. The first kappa shape index (κ1) is 18.8. The molecule has 1 heterocycles. The molecule has 0 bridgehead atoms. The second kappa shape index (κ2) is 8.62. The average Bonchev–Trinajstić information content (AvgIpc) is 2.65. The molecule has 0 saturated carbocycles. The lowest BCUT2D eigenvalue weighted by Crippen LogP contribution is -3.15. The highest BCUT2D eigenvalue weighted by atomic mass is 35.5. The van der Waals surface area contributed by atoms with Gasteiger partial charge in [0, 0.05) is 17.4 Å². The summed E-state index contributed by atoms with van der Waals surface area (Å²) >= 11 is 11.9. The van der Waals surface area contributed by atoms with Crippen LogP contribution in [0.1, 0.15) is 0 Å². The maximum Gasteiger partial charge on any atom is 0.279 e. The normalized spacial score (nSPS) is 15.0. The minimum absolute atomic E-state index is 0.0202. The van der Waals surface area contributed by atoms with E-state index in [4.69, 9.17) is 27.9 Å². The van der Waals surface area contributed by atoms with Crippen molar-refractivity contribution in [2.75, 3.05) is 50.1 Å². The fourth-order valence-electron chi connectivity index (χ4n) is 3.07. The third-order valence-corrected chi connectivity index (χ3v) is 5.24. The number of piperazine rings is 1. The maximum atomic E-state index is 12.3. The lowest BCUT2D eigenvalue weighted by atomic mass is 10.2. The lowest BCUT2D eigenvalue weighted by molar-refractivity contribution is -0.892. The maximum absolute atomic E-state index is 12.3. The molecule has 26 heavy (non-hydrogen) atoms. The molecule has 1 saturated heterocycles. The molecule has 1 aliphatic rings. The summed E-state index contributed by atoms with van der Waals surface area (Å²) in [6.07, 6.45) is 0. The summed E-state index contributed by atoms with van der Waals surface area (Å²) in [5.41, 5.74) is 1.82. The molecule has 138 valence electrons. The van der Waals surface area contributed by atoms with Crippen LogP contribution in [0.3, 0.4) is 0 Å². The Morgan fingerprint density at radius 1 is 1.15 bits per heavy atom. The van der Waals surface area contributed by atoms with Crippen molar-refractivity contribution in [3.63, 3.8) is 0 Å². The summed E-state index contributed by atoms with van der Waals surface area (Å²) in [6, 6.07) is 13.2. The van der Waals surface area contributed by atoms with Gasteiger partial charge in [0.15, 0.2) is 6.54 Å². The summed E-state index contributed by atoms with van der Waals surface area (Å²) in [4.78, 5) is 15.9. The number of methoxy groups -OCH3 is 1. The van der Waals surface area contributed by atoms with Crippen molar-refractivity contribution in [2.24, 2.45) is 0 Å². The molecule has 2 N–H and O–H groups in total. The molecule has 1 fully saturated rings. The quantitative estimate of drug-likeness (QED) is 0.817. The van der Waals surface area contributed by atoms with E-state index < -0.39 is 0 Å². The number of hydrogen-bond donors (Lipinski definition) is 2. The zero-order valence-electron chi connectivity index (χ0n) is 14.6. The Morgan fingerprint density at radius 3 is 2.62 bits per heavy atom. The predicted molar refractivity (Wildman–Crippen MR) is 106 cm³/mol. The molecule has 2 aromatic carbocycles. The van der Waals surface area contributed by atoms with Crippen molar-refractivity contribution in [1.29, 1.82) is 0 Å². The van der Waals surface area contributed by atoms with Crippen LogP contribution < -0.4 is 19.9 Å². The minimum atomic E-state index is -0.0202. The average molecular weight is 395 g/mol. The first-order valence-corrected chi connectivity index (χ1v) is 9.28. The third-order valence-electron chi connectivity index (χ3n) is 4.50. The number of benzene rings is 2. The van der Waals surface area contributed by atoms with Crippen LogP contribution in [0.4, 0.5) is 11.4 Å². The van der Waals surface area contributed by atoms with Gasteiger partial charge in [-0.2, -0.15) is 0 Å².